The monoisotopic (exact) mass is 318 g/mol. The zero-order valence-electron chi connectivity index (χ0n) is 12.3. The quantitative estimate of drug-likeness (QED) is 0.853. The Balaban J connectivity index is 2.15. The van der Waals surface area contributed by atoms with Crippen molar-refractivity contribution in [2.75, 3.05) is 13.3 Å². The number of ether oxygens (including phenoxy) is 2. The number of rotatable bonds is 4. The average Bonchev–Trinajstić information content (AvgIpc) is 2.99. The molecule has 120 valence electrons. The second kappa shape index (κ2) is 5.64. The van der Waals surface area contributed by atoms with Gasteiger partial charge >= 0.3 is 5.97 Å². The molecule has 1 aromatic heterocycles. The van der Waals surface area contributed by atoms with Gasteiger partial charge in [0, 0.05) is 18.8 Å². The van der Waals surface area contributed by atoms with Gasteiger partial charge in [0.05, 0.1) is 10.9 Å². The van der Waals surface area contributed by atoms with Crippen LogP contribution in [0.5, 0.6) is 11.5 Å². The fraction of sp³-hybridized carbons (Fsp3) is 0.267. The summed E-state index contributed by atoms with van der Waals surface area (Å²) in [5.41, 5.74) is 0.0295. The standard InChI is InChI=1S/C15H14N2O6/c1-2-17-6-9(15(21)16-5-13(18)19)14(20)8-3-11-12(4-10(8)17)23-7-22-11/h3-4,6H,2,5,7H2,1H3,(H,16,21)(H,18,19). The summed E-state index contributed by atoms with van der Waals surface area (Å²) in [4.78, 5) is 35.2. The van der Waals surface area contributed by atoms with Crippen LogP contribution in [0.1, 0.15) is 17.3 Å². The van der Waals surface area contributed by atoms with Gasteiger partial charge in [0.15, 0.2) is 11.5 Å². The maximum Gasteiger partial charge on any atom is 0.322 e. The Morgan fingerprint density at radius 3 is 2.65 bits per heavy atom. The van der Waals surface area contributed by atoms with Gasteiger partial charge in [0.25, 0.3) is 5.91 Å². The Hall–Kier alpha value is -3.03. The van der Waals surface area contributed by atoms with Crippen LogP contribution in [-0.4, -0.2) is 34.9 Å². The van der Waals surface area contributed by atoms with E-state index in [1.165, 1.54) is 6.20 Å². The molecule has 1 aliphatic heterocycles. The number of hydrogen-bond acceptors (Lipinski definition) is 5. The lowest BCUT2D eigenvalue weighted by Crippen LogP contribution is -2.33. The second-order valence-corrected chi connectivity index (χ2v) is 4.96. The summed E-state index contributed by atoms with van der Waals surface area (Å²) in [5, 5.41) is 11.1. The molecule has 0 atom stereocenters. The summed E-state index contributed by atoms with van der Waals surface area (Å²) in [6, 6.07) is 3.24. The van der Waals surface area contributed by atoms with Crippen molar-refractivity contribution >= 4 is 22.8 Å². The van der Waals surface area contributed by atoms with E-state index in [2.05, 4.69) is 5.32 Å². The first-order valence-corrected chi connectivity index (χ1v) is 6.98. The van der Waals surface area contributed by atoms with Crippen molar-refractivity contribution in [1.82, 2.24) is 9.88 Å². The van der Waals surface area contributed by atoms with E-state index in [1.807, 2.05) is 6.92 Å². The van der Waals surface area contributed by atoms with E-state index in [-0.39, 0.29) is 12.4 Å². The summed E-state index contributed by atoms with van der Waals surface area (Å²) in [7, 11) is 0. The molecule has 0 aliphatic carbocycles. The second-order valence-electron chi connectivity index (χ2n) is 4.96. The highest BCUT2D eigenvalue weighted by atomic mass is 16.7. The molecule has 2 N–H and O–H groups in total. The zero-order chi connectivity index (χ0) is 16.6. The largest absolute Gasteiger partial charge is 0.480 e. The summed E-state index contributed by atoms with van der Waals surface area (Å²) in [5.74, 6) is -0.917. The number of nitrogens with zero attached hydrogens (tertiary/aromatic N) is 1. The molecule has 8 nitrogen and oxygen atoms in total. The molecule has 1 aromatic carbocycles. The number of hydrogen-bond donors (Lipinski definition) is 2. The first kappa shape index (κ1) is 14.9. The number of aryl methyl sites for hydroxylation is 1. The number of carbonyl (C=O) groups is 2. The predicted molar refractivity (Wildman–Crippen MR) is 80.0 cm³/mol. The Kier molecular flexibility index (Phi) is 3.65. The van der Waals surface area contributed by atoms with E-state index in [0.717, 1.165) is 0 Å². The van der Waals surface area contributed by atoms with E-state index in [1.54, 1.807) is 16.7 Å². The molecule has 0 fully saturated rings. The molecule has 0 spiro atoms. The number of aliphatic carboxylic acids is 1. The van der Waals surface area contributed by atoms with Crippen molar-refractivity contribution in [3.63, 3.8) is 0 Å². The summed E-state index contributed by atoms with van der Waals surface area (Å²) in [6.07, 6.45) is 1.42. The molecule has 2 heterocycles. The molecular weight excluding hydrogens is 304 g/mol. The maximum atomic E-state index is 12.6. The van der Waals surface area contributed by atoms with Gasteiger partial charge in [0.1, 0.15) is 12.1 Å². The number of pyridine rings is 1. The predicted octanol–water partition coefficient (Wildman–Crippen LogP) is 0.564. The number of fused-ring (bicyclic) bond motifs is 2. The van der Waals surface area contributed by atoms with Crippen LogP contribution in [0.3, 0.4) is 0 Å². The molecule has 1 aliphatic rings. The summed E-state index contributed by atoms with van der Waals surface area (Å²) >= 11 is 0. The van der Waals surface area contributed by atoms with Crippen LogP contribution in [0.4, 0.5) is 0 Å². The van der Waals surface area contributed by atoms with Crippen LogP contribution >= 0.6 is 0 Å². The van der Waals surface area contributed by atoms with Crippen LogP contribution in [0, 0.1) is 0 Å². The Bertz CT molecular complexity index is 870. The van der Waals surface area contributed by atoms with E-state index < -0.39 is 23.9 Å². The van der Waals surface area contributed by atoms with Crippen molar-refractivity contribution < 1.29 is 24.2 Å². The fourth-order valence-electron chi connectivity index (χ4n) is 2.45. The number of carbonyl (C=O) groups excluding carboxylic acids is 1. The number of amides is 1. The van der Waals surface area contributed by atoms with Crippen LogP contribution in [0.15, 0.2) is 23.1 Å². The van der Waals surface area contributed by atoms with E-state index in [4.69, 9.17) is 14.6 Å². The third kappa shape index (κ3) is 2.59. The normalized spacial score (nSPS) is 12.4. The molecule has 0 radical (unpaired) electrons. The van der Waals surface area contributed by atoms with Gasteiger partial charge in [-0.3, -0.25) is 14.4 Å². The minimum atomic E-state index is -1.18. The Labute approximate surface area is 130 Å². The van der Waals surface area contributed by atoms with E-state index in [0.29, 0.717) is 28.9 Å². The molecule has 0 saturated heterocycles. The van der Waals surface area contributed by atoms with Crippen LogP contribution in [0.2, 0.25) is 0 Å². The third-order valence-corrected chi connectivity index (χ3v) is 3.56. The molecule has 0 unspecified atom stereocenters. The number of carboxylic acid groups (broad SMARTS) is 1. The van der Waals surface area contributed by atoms with Crippen molar-refractivity contribution in [2.45, 2.75) is 13.5 Å². The van der Waals surface area contributed by atoms with Gasteiger partial charge in [-0.05, 0) is 13.0 Å². The smallest absolute Gasteiger partial charge is 0.322 e. The number of nitrogens with one attached hydrogen (secondary N) is 1. The molecule has 1 amide bonds. The van der Waals surface area contributed by atoms with Gasteiger partial charge in [-0.2, -0.15) is 0 Å². The molecule has 8 heteroatoms. The van der Waals surface area contributed by atoms with E-state index >= 15 is 0 Å². The zero-order valence-corrected chi connectivity index (χ0v) is 12.3. The number of carboxylic acids is 1. The van der Waals surface area contributed by atoms with Gasteiger partial charge in [-0.15, -0.1) is 0 Å². The fourth-order valence-corrected chi connectivity index (χ4v) is 2.45. The van der Waals surface area contributed by atoms with Gasteiger partial charge in [0.2, 0.25) is 12.2 Å². The Morgan fingerprint density at radius 1 is 1.30 bits per heavy atom. The molecular formula is C15H14N2O6. The van der Waals surface area contributed by atoms with Gasteiger partial charge in [-0.1, -0.05) is 0 Å². The minimum absolute atomic E-state index is 0.0813. The van der Waals surface area contributed by atoms with Crippen molar-refractivity contribution in [1.29, 1.82) is 0 Å². The van der Waals surface area contributed by atoms with Crippen molar-refractivity contribution in [3.05, 3.63) is 34.1 Å². The molecule has 0 bridgehead atoms. The summed E-state index contributed by atoms with van der Waals surface area (Å²) in [6.45, 7) is 1.92. The molecule has 2 aromatic rings. The number of aromatic nitrogens is 1. The summed E-state index contributed by atoms with van der Waals surface area (Å²) < 4.78 is 12.3. The van der Waals surface area contributed by atoms with Crippen LogP contribution < -0.4 is 20.2 Å². The highest BCUT2D eigenvalue weighted by molar-refractivity contribution is 5.99. The lowest BCUT2D eigenvalue weighted by atomic mass is 10.1. The highest BCUT2D eigenvalue weighted by Gasteiger charge is 2.20. The van der Waals surface area contributed by atoms with Crippen LogP contribution in [-0.2, 0) is 11.3 Å². The average molecular weight is 318 g/mol. The van der Waals surface area contributed by atoms with Gasteiger partial charge in [-0.25, -0.2) is 0 Å². The lowest BCUT2D eigenvalue weighted by molar-refractivity contribution is -0.135. The van der Waals surface area contributed by atoms with E-state index in [9.17, 15) is 14.4 Å². The number of benzene rings is 1. The van der Waals surface area contributed by atoms with Crippen molar-refractivity contribution in [2.24, 2.45) is 0 Å². The SMILES string of the molecule is CCn1cc(C(=O)NCC(=O)O)c(=O)c2cc3c(cc21)OCO3. The van der Waals surface area contributed by atoms with Crippen LogP contribution in [0.25, 0.3) is 10.9 Å². The van der Waals surface area contributed by atoms with Crippen molar-refractivity contribution in [3.8, 4) is 11.5 Å². The Morgan fingerprint density at radius 2 is 2.00 bits per heavy atom. The topological polar surface area (TPSA) is 107 Å². The maximum absolute atomic E-state index is 12.6. The third-order valence-electron chi connectivity index (χ3n) is 3.56. The first-order chi connectivity index (χ1) is 11.0. The van der Waals surface area contributed by atoms with Gasteiger partial charge < -0.3 is 24.5 Å². The molecule has 3 rings (SSSR count). The lowest BCUT2D eigenvalue weighted by Gasteiger charge is -2.12. The molecule has 0 saturated carbocycles. The molecule has 23 heavy (non-hydrogen) atoms. The minimum Gasteiger partial charge on any atom is -0.480 e. The highest BCUT2D eigenvalue weighted by Crippen LogP contribution is 2.35. The first-order valence-electron chi connectivity index (χ1n) is 6.98.